The number of carbonyl (C=O) groups excluding carboxylic acids is 2. The van der Waals surface area contributed by atoms with Crippen molar-refractivity contribution < 1.29 is 24.2 Å². The van der Waals surface area contributed by atoms with Gasteiger partial charge in [-0.1, -0.05) is 12.1 Å². The number of carbonyl (C=O) groups is 2. The molecular formula is C24H28N4O5. The van der Waals surface area contributed by atoms with Crippen LogP contribution < -0.4 is 4.74 Å². The summed E-state index contributed by atoms with van der Waals surface area (Å²) in [5, 5.41) is 11.2. The number of morpholine rings is 1. The molecule has 2 saturated heterocycles. The van der Waals surface area contributed by atoms with E-state index in [1.807, 2.05) is 12.1 Å². The second-order valence-electron chi connectivity index (χ2n) is 8.14. The summed E-state index contributed by atoms with van der Waals surface area (Å²) in [7, 11) is 1.57. The molecule has 1 atom stereocenters. The zero-order valence-corrected chi connectivity index (χ0v) is 19.1. The lowest BCUT2D eigenvalue weighted by molar-refractivity contribution is -0.140. The van der Waals surface area contributed by atoms with E-state index in [9.17, 15) is 14.7 Å². The molecule has 0 radical (unpaired) electrons. The van der Waals surface area contributed by atoms with Gasteiger partial charge in [0.2, 0.25) is 0 Å². The third-order valence-electron chi connectivity index (χ3n) is 6.09. The molecule has 0 aliphatic carbocycles. The first kappa shape index (κ1) is 22.9. The molecule has 9 nitrogen and oxygen atoms in total. The minimum atomic E-state index is -0.724. The second-order valence-corrected chi connectivity index (χ2v) is 8.14. The summed E-state index contributed by atoms with van der Waals surface area (Å²) in [4.78, 5) is 38.5. The van der Waals surface area contributed by atoms with Crippen molar-refractivity contribution in [1.82, 2.24) is 19.8 Å². The van der Waals surface area contributed by atoms with E-state index in [0.717, 1.165) is 13.1 Å². The predicted octanol–water partition coefficient (Wildman–Crippen LogP) is 1.86. The first-order valence-corrected chi connectivity index (χ1v) is 10.9. The highest BCUT2D eigenvalue weighted by Crippen LogP contribution is 2.40. The minimum absolute atomic E-state index is 0.0442. The van der Waals surface area contributed by atoms with Gasteiger partial charge in [-0.25, -0.2) is 9.97 Å². The van der Waals surface area contributed by atoms with Crippen molar-refractivity contribution in [1.29, 1.82) is 0 Å². The Morgan fingerprint density at radius 2 is 1.85 bits per heavy atom. The van der Waals surface area contributed by atoms with Gasteiger partial charge in [-0.05, 0) is 31.5 Å². The summed E-state index contributed by atoms with van der Waals surface area (Å²) in [6, 6.07) is 6.44. The van der Waals surface area contributed by atoms with Crippen LogP contribution in [0.25, 0.3) is 5.76 Å². The standard InChI is InChI=1S/C24H28N4O5/c1-15-19(14-25-16(2)26-15)22(29)20-21(17-4-6-18(32-3)7-5-17)28(24(31)23(20)30)9-8-27-10-12-33-13-11-27/h4-7,14,21,29H,8-13H2,1-3H3/b22-20+/t21-/m1/s1. The number of ketones is 1. The normalized spacial score (nSPS) is 20.9. The maximum absolute atomic E-state index is 13.2. The highest BCUT2D eigenvalue weighted by molar-refractivity contribution is 6.46. The Balaban J connectivity index is 1.75. The number of benzene rings is 1. The van der Waals surface area contributed by atoms with Gasteiger partial charge in [-0.2, -0.15) is 0 Å². The van der Waals surface area contributed by atoms with Crippen LogP contribution in [-0.4, -0.2) is 83.1 Å². The molecule has 0 unspecified atom stereocenters. The molecule has 33 heavy (non-hydrogen) atoms. The molecule has 1 aromatic heterocycles. The van der Waals surface area contributed by atoms with Crippen molar-refractivity contribution in [3.8, 4) is 5.75 Å². The fourth-order valence-corrected chi connectivity index (χ4v) is 4.28. The Morgan fingerprint density at radius 3 is 2.48 bits per heavy atom. The molecule has 0 bridgehead atoms. The van der Waals surface area contributed by atoms with Crippen LogP contribution in [0.4, 0.5) is 0 Å². The van der Waals surface area contributed by atoms with E-state index in [0.29, 0.717) is 54.7 Å². The molecule has 9 heteroatoms. The van der Waals surface area contributed by atoms with Gasteiger partial charge >= 0.3 is 0 Å². The number of methoxy groups -OCH3 is 1. The summed E-state index contributed by atoms with van der Waals surface area (Å²) in [6.07, 6.45) is 1.49. The predicted molar refractivity (Wildman–Crippen MR) is 121 cm³/mol. The van der Waals surface area contributed by atoms with Gasteiger partial charge in [0, 0.05) is 32.4 Å². The number of hydrogen-bond acceptors (Lipinski definition) is 8. The van der Waals surface area contributed by atoms with E-state index in [2.05, 4.69) is 14.9 Å². The van der Waals surface area contributed by atoms with Gasteiger partial charge in [0.05, 0.1) is 43.2 Å². The zero-order chi connectivity index (χ0) is 23.5. The topological polar surface area (TPSA) is 105 Å². The van der Waals surface area contributed by atoms with E-state index < -0.39 is 17.7 Å². The zero-order valence-electron chi connectivity index (χ0n) is 19.1. The Bertz CT molecular complexity index is 1080. The van der Waals surface area contributed by atoms with Crippen LogP contribution in [0.2, 0.25) is 0 Å². The number of aromatic nitrogens is 2. The first-order valence-electron chi connectivity index (χ1n) is 10.9. The van der Waals surface area contributed by atoms with Gasteiger partial charge in [0.15, 0.2) is 0 Å². The number of aryl methyl sites for hydroxylation is 2. The number of hydrogen-bond donors (Lipinski definition) is 1. The van der Waals surface area contributed by atoms with Crippen LogP contribution in [0, 0.1) is 13.8 Å². The SMILES string of the molecule is COc1ccc([C@@H]2/C(=C(\O)c3cnc(C)nc3C)C(=O)C(=O)N2CCN2CCOCC2)cc1. The van der Waals surface area contributed by atoms with Gasteiger partial charge in [0.1, 0.15) is 17.3 Å². The molecule has 2 aliphatic heterocycles. The molecule has 2 fully saturated rings. The number of aliphatic hydroxyl groups excluding tert-OH is 1. The van der Waals surface area contributed by atoms with Crippen molar-refractivity contribution in [3.05, 3.63) is 58.7 Å². The largest absolute Gasteiger partial charge is 0.507 e. The molecule has 1 amide bonds. The van der Waals surface area contributed by atoms with Crippen LogP contribution in [0.1, 0.15) is 28.7 Å². The van der Waals surface area contributed by atoms with E-state index in [-0.39, 0.29) is 11.3 Å². The molecule has 0 spiro atoms. The molecule has 3 heterocycles. The number of likely N-dealkylation sites (tertiary alicyclic amines) is 1. The van der Waals surface area contributed by atoms with Crippen molar-refractivity contribution >= 4 is 17.4 Å². The molecular weight excluding hydrogens is 424 g/mol. The molecule has 0 saturated carbocycles. The summed E-state index contributed by atoms with van der Waals surface area (Å²) >= 11 is 0. The van der Waals surface area contributed by atoms with Gasteiger partial charge in [0.25, 0.3) is 11.7 Å². The van der Waals surface area contributed by atoms with E-state index in [1.54, 1.807) is 33.1 Å². The number of nitrogens with zero attached hydrogens (tertiary/aromatic N) is 4. The smallest absolute Gasteiger partial charge is 0.295 e. The third-order valence-corrected chi connectivity index (χ3v) is 6.09. The van der Waals surface area contributed by atoms with Crippen molar-refractivity contribution in [2.45, 2.75) is 19.9 Å². The maximum Gasteiger partial charge on any atom is 0.295 e. The summed E-state index contributed by atoms with van der Waals surface area (Å²) < 4.78 is 10.7. The molecule has 1 N–H and O–H groups in total. The van der Waals surface area contributed by atoms with Crippen molar-refractivity contribution in [2.24, 2.45) is 0 Å². The highest BCUT2D eigenvalue weighted by Gasteiger charge is 2.46. The van der Waals surface area contributed by atoms with Gasteiger partial charge in [-0.15, -0.1) is 0 Å². The summed E-state index contributed by atoms with van der Waals surface area (Å²) in [5.41, 5.74) is 1.63. The first-order chi connectivity index (χ1) is 15.9. The summed E-state index contributed by atoms with van der Waals surface area (Å²) in [6.45, 7) is 7.28. The summed E-state index contributed by atoms with van der Waals surface area (Å²) in [5.74, 6) is -0.388. The number of amides is 1. The molecule has 2 aromatic rings. The van der Waals surface area contributed by atoms with E-state index in [1.165, 1.54) is 11.1 Å². The minimum Gasteiger partial charge on any atom is -0.507 e. The van der Waals surface area contributed by atoms with Gasteiger partial charge < -0.3 is 19.5 Å². The lowest BCUT2D eigenvalue weighted by atomic mass is 9.95. The van der Waals surface area contributed by atoms with Crippen molar-refractivity contribution in [2.75, 3.05) is 46.5 Å². The molecule has 174 valence electrons. The fraction of sp³-hybridized carbons (Fsp3) is 0.417. The van der Waals surface area contributed by atoms with Crippen LogP contribution in [0.5, 0.6) is 5.75 Å². The number of ether oxygens (including phenoxy) is 2. The lowest BCUT2D eigenvalue weighted by Gasteiger charge is -2.31. The maximum atomic E-state index is 13.2. The lowest BCUT2D eigenvalue weighted by Crippen LogP contribution is -2.42. The Labute approximate surface area is 192 Å². The van der Waals surface area contributed by atoms with Crippen LogP contribution in [-0.2, 0) is 14.3 Å². The Morgan fingerprint density at radius 1 is 1.15 bits per heavy atom. The van der Waals surface area contributed by atoms with E-state index in [4.69, 9.17) is 9.47 Å². The molecule has 1 aromatic carbocycles. The second kappa shape index (κ2) is 9.68. The Kier molecular flexibility index (Phi) is 6.71. The quantitative estimate of drug-likeness (QED) is 0.402. The third kappa shape index (κ3) is 4.60. The fourth-order valence-electron chi connectivity index (χ4n) is 4.28. The molecule has 4 rings (SSSR count). The van der Waals surface area contributed by atoms with Crippen LogP contribution in [0.15, 0.2) is 36.0 Å². The monoisotopic (exact) mass is 452 g/mol. The Hall–Kier alpha value is -3.30. The average Bonchev–Trinajstić information content (AvgIpc) is 3.08. The number of rotatable bonds is 6. The van der Waals surface area contributed by atoms with Gasteiger partial charge in [-0.3, -0.25) is 14.5 Å². The molecule has 2 aliphatic rings. The van der Waals surface area contributed by atoms with Crippen LogP contribution in [0.3, 0.4) is 0 Å². The number of aliphatic hydroxyl groups is 1. The average molecular weight is 453 g/mol. The van der Waals surface area contributed by atoms with Crippen LogP contribution >= 0.6 is 0 Å². The van der Waals surface area contributed by atoms with E-state index >= 15 is 0 Å². The van der Waals surface area contributed by atoms with Crippen molar-refractivity contribution in [3.63, 3.8) is 0 Å². The number of Topliss-reactive ketones (excluding diaryl/α,β-unsaturated/α-hetero) is 1. The highest BCUT2D eigenvalue weighted by atomic mass is 16.5.